The first-order valence-electron chi connectivity index (χ1n) is 7.27. The van der Waals surface area contributed by atoms with Crippen molar-refractivity contribution in [3.63, 3.8) is 0 Å². The van der Waals surface area contributed by atoms with Crippen molar-refractivity contribution < 1.29 is 0 Å². The van der Waals surface area contributed by atoms with Gasteiger partial charge < -0.3 is 5.32 Å². The van der Waals surface area contributed by atoms with Crippen molar-refractivity contribution in [2.24, 2.45) is 0 Å². The number of hydrogen-bond acceptors (Lipinski definition) is 1. The summed E-state index contributed by atoms with van der Waals surface area (Å²) in [6, 6.07) is 0. The lowest BCUT2D eigenvalue weighted by molar-refractivity contribution is 0.592. The third-order valence-corrected chi connectivity index (χ3v) is 2.88. The standard InChI is InChI=1S/C15H31N/c1-3-5-6-7-8-9-10-11-12-13-14-15-16-4-2/h12-13,16H,3-11,14-15H2,1-2H3. The van der Waals surface area contributed by atoms with E-state index in [9.17, 15) is 0 Å². The van der Waals surface area contributed by atoms with Crippen molar-refractivity contribution in [2.75, 3.05) is 13.1 Å². The van der Waals surface area contributed by atoms with Crippen LogP contribution in [0, 0.1) is 0 Å². The molecule has 0 rings (SSSR count). The second kappa shape index (κ2) is 14.7. The number of rotatable bonds is 12. The molecule has 0 aromatic rings. The van der Waals surface area contributed by atoms with E-state index < -0.39 is 0 Å². The molecule has 16 heavy (non-hydrogen) atoms. The Kier molecular flexibility index (Phi) is 14.4. The fourth-order valence-corrected chi connectivity index (χ4v) is 1.82. The molecule has 0 saturated heterocycles. The molecule has 0 aromatic carbocycles. The average molecular weight is 225 g/mol. The van der Waals surface area contributed by atoms with E-state index in [0.29, 0.717) is 0 Å². The summed E-state index contributed by atoms with van der Waals surface area (Å²) >= 11 is 0. The first-order chi connectivity index (χ1) is 7.91. The summed E-state index contributed by atoms with van der Waals surface area (Å²) < 4.78 is 0. The van der Waals surface area contributed by atoms with Crippen LogP contribution in [0.4, 0.5) is 0 Å². The molecule has 0 spiro atoms. The molecule has 0 aliphatic heterocycles. The Bertz CT molecular complexity index is 140. The quantitative estimate of drug-likeness (QED) is 0.375. The van der Waals surface area contributed by atoms with Crippen LogP contribution in [0.1, 0.15) is 71.6 Å². The third kappa shape index (κ3) is 13.7. The number of nitrogens with one attached hydrogen (secondary N) is 1. The fraction of sp³-hybridized carbons (Fsp3) is 0.867. The summed E-state index contributed by atoms with van der Waals surface area (Å²) in [5, 5.41) is 3.33. The fourth-order valence-electron chi connectivity index (χ4n) is 1.82. The minimum Gasteiger partial charge on any atom is -0.317 e. The average Bonchev–Trinajstić information content (AvgIpc) is 2.31. The van der Waals surface area contributed by atoms with E-state index in [4.69, 9.17) is 0 Å². The van der Waals surface area contributed by atoms with Crippen LogP contribution in [-0.4, -0.2) is 13.1 Å². The largest absolute Gasteiger partial charge is 0.317 e. The minimum absolute atomic E-state index is 1.09. The van der Waals surface area contributed by atoms with Crippen LogP contribution in [0.5, 0.6) is 0 Å². The monoisotopic (exact) mass is 225 g/mol. The van der Waals surface area contributed by atoms with Crippen molar-refractivity contribution >= 4 is 0 Å². The van der Waals surface area contributed by atoms with Crippen molar-refractivity contribution in [1.29, 1.82) is 0 Å². The molecule has 1 heteroatoms. The van der Waals surface area contributed by atoms with E-state index in [2.05, 4.69) is 31.3 Å². The van der Waals surface area contributed by atoms with Gasteiger partial charge in [0.1, 0.15) is 0 Å². The zero-order valence-electron chi connectivity index (χ0n) is 11.4. The third-order valence-electron chi connectivity index (χ3n) is 2.88. The van der Waals surface area contributed by atoms with Gasteiger partial charge in [0.05, 0.1) is 0 Å². The zero-order valence-corrected chi connectivity index (χ0v) is 11.4. The molecule has 0 amide bonds. The Morgan fingerprint density at radius 2 is 1.38 bits per heavy atom. The summed E-state index contributed by atoms with van der Waals surface area (Å²) in [6.07, 6.45) is 17.0. The molecule has 0 atom stereocenters. The van der Waals surface area contributed by atoms with Crippen molar-refractivity contribution in [3.05, 3.63) is 12.2 Å². The van der Waals surface area contributed by atoms with Crippen LogP contribution < -0.4 is 5.32 Å². The zero-order chi connectivity index (χ0) is 11.9. The van der Waals surface area contributed by atoms with Crippen LogP contribution in [0.3, 0.4) is 0 Å². The predicted molar refractivity (Wildman–Crippen MR) is 74.9 cm³/mol. The van der Waals surface area contributed by atoms with Gasteiger partial charge in [-0.2, -0.15) is 0 Å². The van der Waals surface area contributed by atoms with Gasteiger partial charge in [0.25, 0.3) is 0 Å². The van der Waals surface area contributed by atoms with Crippen LogP contribution in [0.15, 0.2) is 12.2 Å². The molecule has 0 heterocycles. The lowest BCUT2D eigenvalue weighted by Gasteiger charge is -1.99. The van der Waals surface area contributed by atoms with E-state index in [1.54, 1.807) is 0 Å². The number of hydrogen-bond donors (Lipinski definition) is 1. The smallest absolute Gasteiger partial charge is 0.00144 e. The number of unbranched alkanes of at least 4 members (excludes halogenated alkanes) is 7. The molecule has 0 saturated carbocycles. The summed E-state index contributed by atoms with van der Waals surface area (Å²) in [5.41, 5.74) is 0. The Morgan fingerprint density at radius 3 is 2.06 bits per heavy atom. The van der Waals surface area contributed by atoms with Gasteiger partial charge in [-0.1, -0.05) is 64.5 Å². The van der Waals surface area contributed by atoms with Crippen molar-refractivity contribution in [3.8, 4) is 0 Å². The molecule has 0 aromatic heterocycles. The Balaban J connectivity index is 2.97. The van der Waals surface area contributed by atoms with Crippen LogP contribution in [0.25, 0.3) is 0 Å². The minimum atomic E-state index is 1.09. The Hall–Kier alpha value is -0.300. The summed E-state index contributed by atoms with van der Waals surface area (Å²) in [5.74, 6) is 0. The van der Waals surface area contributed by atoms with Gasteiger partial charge in [0.15, 0.2) is 0 Å². The van der Waals surface area contributed by atoms with Gasteiger partial charge in [-0.15, -0.1) is 0 Å². The molecule has 1 nitrogen and oxygen atoms in total. The molecule has 96 valence electrons. The van der Waals surface area contributed by atoms with Gasteiger partial charge in [-0.25, -0.2) is 0 Å². The van der Waals surface area contributed by atoms with Crippen molar-refractivity contribution in [1.82, 2.24) is 5.32 Å². The Morgan fingerprint density at radius 1 is 0.750 bits per heavy atom. The predicted octanol–water partition coefficient (Wildman–Crippen LogP) is 4.68. The van der Waals surface area contributed by atoms with Crippen molar-refractivity contribution in [2.45, 2.75) is 71.6 Å². The molecule has 0 aliphatic carbocycles. The highest BCUT2D eigenvalue weighted by Crippen LogP contribution is 2.08. The molecule has 0 radical (unpaired) electrons. The molecular weight excluding hydrogens is 194 g/mol. The maximum absolute atomic E-state index is 3.33. The highest BCUT2D eigenvalue weighted by molar-refractivity contribution is 4.81. The molecule has 1 N–H and O–H groups in total. The van der Waals surface area contributed by atoms with Gasteiger partial charge in [-0.05, 0) is 32.4 Å². The second-order valence-electron chi connectivity index (χ2n) is 4.52. The molecule has 0 aliphatic rings. The van der Waals surface area contributed by atoms with E-state index in [1.807, 2.05) is 0 Å². The maximum Gasteiger partial charge on any atom is -0.00144 e. The molecule has 0 bridgehead atoms. The second-order valence-corrected chi connectivity index (χ2v) is 4.52. The van der Waals surface area contributed by atoms with Gasteiger partial charge >= 0.3 is 0 Å². The van der Waals surface area contributed by atoms with Gasteiger partial charge in [0.2, 0.25) is 0 Å². The van der Waals surface area contributed by atoms with E-state index in [1.165, 1.54) is 57.8 Å². The topological polar surface area (TPSA) is 12.0 Å². The number of allylic oxidation sites excluding steroid dienone is 1. The van der Waals surface area contributed by atoms with Crippen LogP contribution >= 0.6 is 0 Å². The highest BCUT2D eigenvalue weighted by atomic mass is 14.8. The Labute approximate surface area is 103 Å². The van der Waals surface area contributed by atoms with Crippen LogP contribution in [-0.2, 0) is 0 Å². The van der Waals surface area contributed by atoms with Gasteiger partial charge in [0, 0.05) is 0 Å². The maximum atomic E-state index is 3.33. The summed E-state index contributed by atoms with van der Waals surface area (Å²) in [7, 11) is 0. The summed E-state index contributed by atoms with van der Waals surface area (Å²) in [6.45, 7) is 6.65. The first kappa shape index (κ1) is 15.7. The van der Waals surface area contributed by atoms with Crippen LogP contribution in [0.2, 0.25) is 0 Å². The normalized spacial score (nSPS) is 11.4. The lowest BCUT2D eigenvalue weighted by atomic mass is 10.1. The summed E-state index contributed by atoms with van der Waals surface area (Å²) in [4.78, 5) is 0. The first-order valence-corrected chi connectivity index (χ1v) is 7.27. The molecular formula is C15H31N. The molecule has 0 fully saturated rings. The SMILES string of the molecule is CCCCCCCCCC=CCCNCC. The molecule has 0 unspecified atom stereocenters. The lowest BCUT2D eigenvalue weighted by Crippen LogP contribution is -2.12. The van der Waals surface area contributed by atoms with Gasteiger partial charge in [-0.3, -0.25) is 0 Å². The van der Waals surface area contributed by atoms with E-state index in [0.717, 1.165) is 13.1 Å². The van der Waals surface area contributed by atoms with E-state index >= 15 is 0 Å². The van der Waals surface area contributed by atoms with E-state index in [-0.39, 0.29) is 0 Å². The highest BCUT2D eigenvalue weighted by Gasteiger charge is 1.89.